The number of aromatic nitrogens is 2. The lowest BCUT2D eigenvalue weighted by Gasteiger charge is -2.14. The Bertz CT molecular complexity index is 1400. The number of rotatable bonds is 7. The second-order valence-corrected chi connectivity index (χ2v) is 7.45. The smallest absolute Gasteiger partial charge is 0.323 e. The van der Waals surface area contributed by atoms with Gasteiger partial charge in [-0.1, -0.05) is 12.1 Å². The molecule has 0 aliphatic carbocycles. The van der Waals surface area contributed by atoms with Crippen molar-refractivity contribution < 1.29 is 19.0 Å². The van der Waals surface area contributed by atoms with Crippen molar-refractivity contribution in [1.82, 2.24) is 9.38 Å². The molecule has 0 saturated heterocycles. The van der Waals surface area contributed by atoms with Crippen molar-refractivity contribution in [2.24, 2.45) is 0 Å². The van der Waals surface area contributed by atoms with Gasteiger partial charge in [0.25, 0.3) is 5.56 Å². The molecule has 9 nitrogen and oxygen atoms in total. The number of fused-ring (bicyclic) bond motifs is 1. The van der Waals surface area contributed by atoms with Crippen LogP contribution in [0.25, 0.3) is 5.65 Å². The number of aryl methyl sites for hydroxylation is 1. The van der Waals surface area contributed by atoms with E-state index in [0.717, 1.165) is 5.56 Å². The molecule has 34 heavy (non-hydrogen) atoms. The van der Waals surface area contributed by atoms with Gasteiger partial charge in [0.05, 0.1) is 25.6 Å². The molecule has 0 saturated carbocycles. The number of urea groups is 1. The van der Waals surface area contributed by atoms with Crippen LogP contribution in [-0.4, -0.2) is 29.6 Å². The van der Waals surface area contributed by atoms with E-state index in [-0.39, 0.29) is 12.2 Å². The summed E-state index contributed by atoms with van der Waals surface area (Å²) in [5.41, 5.74) is 2.84. The zero-order valence-corrected chi connectivity index (χ0v) is 19.0. The number of hydrogen-bond acceptors (Lipinski definition) is 6. The fourth-order valence-corrected chi connectivity index (χ4v) is 3.37. The van der Waals surface area contributed by atoms with Crippen LogP contribution in [0.2, 0.25) is 0 Å². The maximum Gasteiger partial charge on any atom is 0.323 e. The first-order chi connectivity index (χ1) is 16.5. The fraction of sp³-hybridized carbons (Fsp3) is 0.160. The number of methoxy groups -OCH3 is 2. The minimum atomic E-state index is -0.458. The average Bonchev–Trinajstić information content (AvgIpc) is 2.83. The second kappa shape index (κ2) is 9.95. The molecule has 2 aromatic heterocycles. The molecule has 0 aliphatic heterocycles. The van der Waals surface area contributed by atoms with Gasteiger partial charge in [0.1, 0.15) is 18.0 Å². The molecular weight excluding hydrogens is 436 g/mol. The number of amides is 2. The van der Waals surface area contributed by atoms with Crippen LogP contribution in [0.5, 0.6) is 17.2 Å². The lowest BCUT2D eigenvalue weighted by molar-refractivity contribution is 0.261. The third-order valence-corrected chi connectivity index (χ3v) is 5.03. The Kier molecular flexibility index (Phi) is 6.63. The second-order valence-electron chi connectivity index (χ2n) is 7.45. The fourth-order valence-electron chi connectivity index (χ4n) is 3.37. The summed E-state index contributed by atoms with van der Waals surface area (Å²) in [6.07, 6.45) is 1.70. The standard InChI is InChI=1S/C25H24N4O5/c1-16-10-11-29-23(12-16)26-18(14-24(29)30)15-34-20-7-5-4-6-19(20)28-25(31)27-17-8-9-21(32-2)22(13-17)33-3/h4-14H,15H2,1-3H3,(H2,27,28,31). The highest BCUT2D eigenvalue weighted by molar-refractivity contribution is 6.00. The number of benzene rings is 2. The number of para-hydroxylation sites is 2. The number of hydrogen-bond donors (Lipinski definition) is 2. The van der Waals surface area contributed by atoms with Crippen molar-refractivity contribution in [2.75, 3.05) is 24.9 Å². The highest BCUT2D eigenvalue weighted by Crippen LogP contribution is 2.30. The summed E-state index contributed by atoms with van der Waals surface area (Å²) in [6.45, 7) is 2.00. The number of carbonyl (C=O) groups is 1. The molecule has 0 unspecified atom stereocenters. The number of pyridine rings is 1. The molecule has 2 amide bonds. The highest BCUT2D eigenvalue weighted by atomic mass is 16.5. The van der Waals surface area contributed by atoms with E-state index in [9.17, 15) is 9.59 Å². The molecule has 9 heteroatoms. The van der Waals surface area contributed by atoms with Crippen molar-refractivity contribution in [3.8, 4) is 17.2 Å². The third-order valence-electron chi connectivity index (χ3n) is 5.03. The summed E-state index contributed by atoms with van der Waals surface area (Å²) in [5, 5.41) is 5.53. The molecule has 2 heterocycles. The van der Waals surface area contributed by atoms with Crippen molar-refractivity contribution in [1.29, 1.82) is 0 Å². The van der Waals surface area contributed by atoms with Crippen molar-refractivity contribution in [3.63, 3.8) is 0 Å². The Balaban J connectivity index is 1.46. The van der Waals surface area contributed by atoms with Gasteiger partial charge in [0.15, 0.2) is 11.5 Å². The first kappa shape index (κ1) is 22.7. The van der Waals surface area contributed by atoms with Crippen LogP contribution in [0.3, 0.4) is 0 Å². The van der Waals surface area contributed by atoms with Crippen LogP contribution in [0.4, 0.5) is 16.2 Å². The summed E-state index contributed by atoms with van der Waals surface area (Å²) in [6, 6.07) is 16.7. The van der Waals surface area contributed by atoms with E-state index in [1.54, 1.807) is 55.8 Å². The van der Waals surface area contributed by atoms with E-state index in [2.05, 4.69) is 15.6 Å². The van der Waals surface area contributed by atoms with E-state index in [1.165, 1.54) is 17.6 Å². The van der Waals surface area contributed by atoms with Gasteiger partial charge >= 0.3 is 6.03 Å². The van der Waals surface area contributed by atoms with E-state index in [1.807, 2.05) is 19.1 Å². The van der Waals surface area contributed by atoms with Crippen LogP contribution < -0.4 is 30.4 Å². The average molecular weight is 460 g/mol. The van der Waals surface area contributed by atoms with Crippen LogP contribution in [0.1, 0.15) is 11.3 Å². The van der Waals surface area contributed by atoms with Crippen LogP contribution in [0.15, 0.2) is 71.7 Å². The molecule has 0 spiro atoms. The van der Waals surface area contributed by atoms with Crippen LogP contribution >= 0.6 is 0 Å². The van der Waals surface area contributed by atoms with Gasteiger partial charge in [-0.25, -0.2) is 9.78 Å². The van der Waals surface area contributed by atoms with Gasteiger partial charge in [0.2, 0.25) is 0 Å². The van der Waals surface area contributed by atoms with Gasteiger partial charge in [-0.2, -0.15) is 0 Å². The summed E-state index contributed by atoms with van der Waals surface area (Å²) in [4.78, 5) is 29.5. The molecular formula is C25H24N4O5. The van der Waals surface area contributed by atoms with Crippen molar-refractivity contribution in [3.05, 3.63) is 88.5 Å². The Morgan fingerprint density at radius 1 is 0.941 bits per heavy atom. The molecule has 174 valence electrons. The Hall–Kier alpha value is -4.53. The van der Waals surface area contributed by atoms with E-state index in [0.29, 0.717) is 40.0 Å². The number of nitrogens with one attached hydrogen (secondary N) is 2. The van der Waals surface area contributed by atoms with Crippen molar-refractivity contribution in [2.45, 2.75) is 13.5 Å². The van der Waals surface area contributed by atoms with E-state index >= 15 is 0 Å². The van der Waals surface area contributed by atoms with E-state index < -0.39 is 6.03 Å². The monoisotopic (exact) mass is 460 g/mol. The number of nitrogens with zero attached hydrogens (tertiary/aromatic N) is 2. The summed E-state index contributed by atoms with van der Waals surface area (Å²) in [7, 11) is 3.06. The van der Waals surface area contributed by atoms with Gasteiger partial charge in [-0.15, -0.1) is 0 Å². The van der Waals surface area contributed by atoms with Crippen molar-refractivity contribution >= 4 is 23.1 Å². The largest absolute Gasteiger partial charge is 0.493 e. The van der Waals surface area contributed by atoms with Crippen LogP contribution in [0, 0.1) is 6.92 Å². The first-order valence-electron chi connectivity index (χ1n) is 10.5. The molecule has 4 rings (SSSR count). The molecule has 2 aromatic carbocycles. The molecule has 2 N–H and O–H groups in total. The van der Waals surface area contributed by atoms with Gasteiger partial charge in [-0.05, 0) is 48.9 Å². The van der Waals surface area contributed by atoms with Gasteiger partial charge in [0, 0.05) is 24.0 Å². The molecule has 4 aromatic rings. The number of anilines is 2. The Labute approximate surface area is 195 Å². The minimum Gasteiger partial charge on any atom is -0.493 e. The lowest BCUT2D eigenvalue weighted by Crippen LogP contribution is -2.20. The van der Waals surface area contributed by atoms with Crippen LogP contribution in [-0.2, 0) is 6.61 Å². The molecule has 0 fully saturated rings. The van der Waals surface area contributed by atoms with Gasteiger partial charge < -0.3 is 24.8 Å². The molecule has 0 aliphatic rings. The molecule has 0 radical (unpaired) electrons. The van der Waals surface area contributed by atoms with E-state index in [4.69, 9.17) is 14.2 Å². The Morgan fingerprint density at radius 2 is 1.74 bits per heavy atom. The topological polar surface area (TPSA) is 103 Å². The maximum absolute atomic E-state index is 12.6. The lowest BCUT2D eigenvalue weighted by atomic mass is 10.2. The Morgan fingerprint density at radius 3 is 2.53 bits per heavy atom. The van der Waals surface area contributed by atoms with Gasteiger partial charge in [-0.3, -0.25) is 9.20 Å². The maximum atomic E-state index is 12.6. The number of carbonyl (C=O) groups excluding carboxylic acids is 1. The molecule has 0 bridgehead atoms. The summed E-state index contributed by atoms with van der Waals surface area (Å²) in [5.74, 6) is 1.50. The predicted octanol–water partition coefficient (Wildman–Crippen LogP) is 4.24. The zero-order valence-electron chi connectivity index (χ0n) is 19.0. The number of ether oxygens (including phenoxy) is 3. The quantitative estimate of drug-likeness (QED) is 0.428. The summed E-state index contributed by atoms with van der Waals surface area (Å²) >= 11 is 0. The minimum absolute atomic E-state index is 0.0652. The summed E-state index contributed by atoms with van der Waals surface area (Å²) < 4.78 is 17.8. The SMILES string of the molecule is COc1ccc(NC(=O)Nc2ccccc2OCc2cc(=O)n3ccc(C)cc3n2)cc1OC. The normalized spacial score (nSPS) is 10.6. The first-order valence-corrected chi connectivity index (χ1v) is 10.5. The zero-order chi connectivity index (χ0) is 24.1. The molecule has 0 atom stereocenters. The highest BCUT2D eigenvalue weighted by Gasteiger charge is 2.11. The predicted molar refractivity (Wildman–Crippen MR) is 129 cm³/mol. The third kappa shape index (κ3) is 5.09.